The van der Waals surface area contributed by atoms with Crippen molar-refractivity contribution in [1.29, 1.82) is 0 Å². The highest BCUT2D eigenvalue weighted by Crippen LogP contribution is 2.30. The third kappa shape index (κ3) is 8.85. The summed E-state index contributed by atoms with van der Waals surface area (Å²) in [6.45, 7) is 5.86. The fraction of sp³-hybridized carbons (Fsp3) is 0.222. The van der Waals surface area contributed by atoms with Gasteiger partial charge in [0.05, 0.1) is 11.1 Å². The van der Waals surface area contributed by atoms with Crippen molar-refractivity contribution in [2.45, 2.75) is 45.3 Å². The third-order valence-corrected chi connectivity index (χ3v) is 8.79. The van der Waals surface area contributed by atoms with Crippen molar-refractivity contribution in [1.82, 2.24) is 25.6 Å². The molecule has 0 fully saturated rings. The third-order valence-electron chi connectivity index (χ3n) is 7.28. The van der Waals surface area contributed by atoms with Gasteiger partial charge in [-0.2, -0.15) is 0 Å². The fourth-order valence-electron chi connectivity index (χ4n) is 4.68. The van der Waals surface area contributed by atoms with E-state index in [0.717, 1.165) is 22.2 Å². The maximum Gasteiger partial charge on any atom is 0.322 e. The number of thiophene rings is 1. The van der Waals surface area contributed by atoms with Crippen LogP contribution < -0.4 is 15.4 Å². The Bertz CT molecular complexity index is 1890. The number of aromatic nitrogens is 3. The molecule has 0 aliphatic carbocycles. The van der Waals surface area contributed by atoms with Crippen LogP contribution in [-0.2, 0) is 28.0 Å². The number of benzene rings is 2. The molecule has 246 valence electrons. The number of carboxylic acid groups (broad SMARTS) is 1. The van der Waals surface area contributed by atoms with Gasteiger partial charge in [0.15, 0.2) is 5.82 Å². The van der Waals surface area contributed by atoms with E-state index in [1.807, 2.05) is 57.2 Å². The molecule has 3 aromatic heterocycles. The zero-order valence-corrected chi connectivity index (χ0v) is 27.4. The fourth-order valence-corrected chi connectivity index (χ4v) is 5.65. The van der Waals surface area contributed by atoms with Crippen LogP contribution in [0.15, 0.2) is 91.4 Å². The average Bonchev–Trinajstić information content (AvgIpc) is 3.59. The maximum absolute atomic E-state index is 14.7. The van der Waals surface area contributed by atoms with Crippen LogP contribution in [0.2, 0.25) is 0 Å². The number of aliphatic carboxylic acids is 1. The first-order valence-electron chi connectivity index (χ1n) is 15.1. The van der Waals surface area contributed by atoms with E-state index in [1.165, 1.54) is 29.8 Å². The second-order valence-electron chi connectivity index (χ2n) is 12.0. The molecule has 48 heavy (non-hydrogen) atoms. The van der Waals surface area contributed by atoms with Gasteiger partial charge in [0, 0.05) is 46.4 Å². The van der Waals surface area contributed by atoms with E-state index in [9.17, 15) is 18.8 Å². The molecule has 2 amide bonds. The molecular formula is C36H34FN5O5S. The van der Waals surface area contributed by atoms with Gasteiger partial charge in [0.1, 0.15) is 25.0 Å². The van der Waals surface area contributed by atoms with Gasteiger partial charge in [-0.1, -0.05) is 75.4 Å². The van der Waals surface area contributed by atoms with E-state index in [1.54, 1.807) is 30.3 Å². The van der Waals surface area contributed by atoms with E-state index in [4.69, 9.17) is 9.84 Å². The number of carbonyl (C=O) groups is 3. The number of carbonyl (C=O) groups excluding carboxylic acids is 2. The summed E-state index contributed by atoms with van der Waals surface area (Å²) in [7, 11) is 0. The number of hydrogen-bond donors (Lipinski definition) is 3. The monoisotopic (exact) mass is 667 g/mol. The van der Waals surface area contributed by atoms with Crippen LogP contribution in [-0.4, -0.2) is 50.4 Å². The van der Waals surface area contributed by atoms with Crippen LogP contribution in [0.4, 0.5) is 4.39 Å². The Morgan fingerprint density at radius 2 is 1.60 bits per heavy atom. The van der Waals surface area contributed by atoms with Crippen LogP contribution in [0.25, 0.3) is 22.5 Å². The van der Waals surface area contributed by atoms with Crippen LogP contribution in [0.5, 0.6) is 5.88 Å². The Morgan fingerprint density at radius 3 is 2.25 bits per heavy atom. The Balaban J connectivity index is 1.27. The minimum atomic E-state index is -1.19. The molecule has 0 spiro atoms. The van der Waals surface area contributed by atoms with Gasteiger partial charge >= 0.3 is 5.97 Å². The second kappa shape index (κ2) is 14.9. The summed E-state index contributed by atoms with van der Waals surface area (Å²) < 4.78 is 20.4. The number of nitrogens with zero attached hydrogens (tertiary/aromatic N) is 3. The zero-order valence-electron chi connectivity index (χ0n) is 26.6. The first-order valence-corrected chi connectivity index (χ1v) is 15.9. The normalized spacial score (nSPS) is 11.8. The van der Waals surface area contributed by atoms with Crippen molar-refractivity contribution in [2.24, 2.45) is 0 Å². The quantitative estimate of drug-likeness (QED) is 0.151. The summed E-state index contributed by atoms with van der Waals surface area (Å²) >= 11 is 1.35. The first kappa shape index (κ1) is 33.9. The minimum absolute atomic E-state index is 0.116. The van der Waals surface area contributed by atoms with Crippen LogP contribution >= 0.6 is 11.3 Å². The highest BCUT2D eigenvalue weighted by molar-refractivity contribution is 7.14. The largest absolute Gasteiger partial charge is 0.480 e. The molecule has 2 aromatic carbocycles. The van der Waals surface area contributed by atoms with Gasteiger partial charge in [-0.25, -0.2) is 19.3 Å². The summed E-state index contributed by atoms with van der Waals surface area (Å²) in [4.78, 5) is 51.4. The lowest BCUT2D eigenvalue weighted by Gasteiger charge is -2.18. The molecule has 0 aliphatic rings. The molecule has 5 aromatic rings. The Kier molecular flexibility index (Phi) is 10.5. The number of nitrogens with one attached hydrogen (secondary N) is 2. The SMILES string of the molecule is CC(C)(C)c1ccc(C(=O)NC(Cc2ccc(-c3ncc(-c4cc(OCc5ccccc5)ncc4F)cn3)cc2)C(=O)NCC(=O)O)s1. The highest BCUT2D eigenvalue weighted by Gasteiger charge is 2.25. The lowest BCUT2D eigenvalue weighted by molar-refractivity contribution is -0.138. The van der Waals surface area contributed by atoms with Gasteiger partial charge in [0.25, 0.3) is 5.91 Å². The number of hydrogen-bond acceptors (Lipinski definition) is 8. The van der Waals surface area contributed by atoms with Crippen LogP contribution in [0.3, 0.4) is 0 Å². The Morgan fingerprint density at radius 1 is 0.896 bits per heavy atom. The van der Waals surface area contributed by atoms with E-state index < -0.39 is 36.2 Å². The molecule has 0 saturated carbocycles. The van der Waals surface area contributed by atoms with Gasteiger partial charge in [-0.05, 0) is 28.7 Å². The van der Waals surface area contributed by atoms with E-state index in [2.05, 4.69) is 25.6 Å². The molecule has 1 atom stereocenters. The maximum atomic E-state index is 14.7. The van der Waals surface area contributed by atoms with Crippen molar-refractivity contribution in [3.63, 3.8) is 0 Å². The molecule has 0 saturated heterocycles. The molecule has 3 N–H and O–H groups in total. The second-order valence-corrected chi connectivity index (χ2v) is 13.1. The lowest BCUT2D eigenvalue weighted by Crippen LogP contribution is -2.49. The molecule has 0 bridgehead atoms. The number of ether oxygens (including phenoxy) is 1. The van der Waals surface area contributed by atoms with Gasteiger partial charge in [0.2, 0.25) is 11.8 Å². The highest BCUT2D eigenvalue weighted by atomic mass is 32.1. The van der Waals surface area contributed by atoms with E-state index in [0.29, 0.717) is 21.8 Å². The Hall–Kier alpha value is -5.49. The Labute approximate surface area is 281 Å². The van der Waals surface area contributed by atoms with Crippen molar-refractivity contribution >= 4 is 29.1 Å². The summed E-state index contributed by atoms with van der Waals surface area (Å²) in [6, 6.07) is 20.8. The lowest BCUT2D eigenvalue weighted by atomic mass is 9.95. The molecule has 12 heteroatoms. The van der Waals surface area contributed by atoms with Crippen molar-refractivity contribution in [3.05, 3.63) is 118 Å². The van der Waals surface area contributed by atoms with Crippen molar-refractivity contribution in [3.8, 4) is 28.4 Å². The average molecular weight is 668 g/mol. The van der Waals surface area contributed by atoms with Crippen LogP contribution in [0, 0.1) is 5.82 Å². The van der Waals surface area contributed by atoms with Crippen molar-refractivity contribution < 1.29 is 28.6 Å². The predicted molar refractivity (Wildman–Crippen MR) is 180 cm³/mol. The summed E-state index contributed by atoms with van der Waals surface area (Å²) in [5, 5.41) is 14.2. The number of pyridine rings is 1. The standard InChI is InChI=1S/C36H34FN5O5S/c1-36(2,3)30-14-13-29(48-30)35(46)42-28(34(45)41-20-32(43)44)15-22-9-11-24(12-10-22)33-39-17-25(18-40-33)26-16-31(38-19-27(26)37)47-21-23-7-5-4-6-8-23/h4-14,16-19,28H,15,20-21H2,1-3H3,(H,41,45)(H,42,46)(H,43,44). The predicted octanol–water partition coefficient (Wildman–Crippen LogP) is 5.82. The van der Waals surface area contributed by atoms with Crippen molar-refractivity contribution in [2.75, 3.05) is 6.54 Å². The molecule has 5 rings (SSSR count). The molecule has 3 heterocycles. The van der Waals surface area contributed by atoms with Gasteiger partial charge in [-0.15, -0.1) is 11.3 Å². The first-order chi connectivity index (χ1) is 23.0. The van der Waals surface area contributed by atoms with Gasteiger partial charge in [-0.3, -0.25) is 14.4 Å². The number of carboxylic acids is 1. The zero-order chi connectivity index (χ0) is 34.3. The summed E-state index contributed by atoms with van der Waals surface area (Å²) in [6.07, 6.45) is 4.25. The number of halogens is 1. The van der Waals surface area contributed by atoms with E-state index >= 15 is 0 Å². The van der Waals surface area contributed by atoms with Crippen LogP contribution in [0.1, 0.15) is 46.4 Å². The van der Waals surface area contributed by atoms with E-state index in [-0.39, 0.29) is 29.9 Å². The summed E-state index contributed by atoms with van der Waals surface area (Å²) in [5.41, 5.74) is 2.92. The molecule has 0 radical (unpaired) electrons. The number of amides is 2. The number of rotatable bonds is 12. The molecule has 10 nitrogen and oxygen atoms in total. The molecular weight excluding hydrogens is 633 g/mol. The summed E-state index contributed by atoms with van der Waals surface area (Å²) in [5.74, 6) is -2.09. The topological polar surface area (TPSA) is 143 Å². The van der Waals surface area contributed by atoms with Gasteiger partial charge < -0.3 is 20.5 Å². The smallest absolute Gasteiger partial charge is 0.322 e. The minimum Gasteiger partial charge on any atom is -0.480 e. The molecule has 0 aliphatic heterocycles. The molecule has 1 unspecified atom stereocenters.